The van der Waals surface area contributed by atoms with E-state index in [0.717, 1.165) is 27.8 Å². The minimum absolute atomic E-state index is 0.269. The van der Waals surface area contributed by atoms with Gasteiger partial charge in [0, 0.05) is 15.4 Å². The van der Waals surface area contributed by atoms with Gasteiger partial charge in [-0.15, -0.1) is 11.3 Å². The molecule has 1 N–H and O–H groups in total. The first kappa shape index (κ1) is 19.3. The third-order valence-corrected chi connectivity index (χ3v) is 5.23. The molecule has 0 amide bonds. The summed E-state index contributed by atoms with van der Waals surface area (Å²) in [5.74, 6) is 0.634. The Bertz CT molecular complexity index is 967. The number of nitrogens with zero attached hydrogens (tertiary/aromatic N) is 3. The number of nitriles is 1. The van der Waals surface area contributed by atoms with Gasteiger partial charge in [0.15, 0.2) is 10.7 Å². The molecule has 2 aromatic carbocycles. The highest BCUT2D eigenvalue weighted by atomic mass is 79.9. The molecule has 0 aliphatic carbocycles. The molecule has 0 atom stereocenters. The van der Waals surface area contributed by atoms with Crippen LogP contribution in [0.2, 0.25) is 0 Å². The number of rotatable bonds is 6. The monoisotopic (exact) mass is 438 g/mol. The van der Waals surface area contributed by atoms with Gasteiger partial charge >= 0.3 is 0 Å². The SMILES string of the molecule is CC(C)Cc1ccc(-c2csc(/C(C#N)=N\Nc3ccc(Br)cc3)n2)cc1. The number of hydrogen-bond acceptors (Lipinski definition) is 5. The summed E-state index contributed by atoms with van der Waals surface area (Å²) in [4.78, 5) is 4.59. The molecule has 27 heavy (non-hydrogen) atoms. The predicted molar refractivity (Wildman–Crippen MR) is 116 cm³/mol. The minimum Gasteiger partial charge on any atom is -0.277 e. The third kappa shape index (κ3) is 5.25. The Labute approximate surface area is 171 Å². The van der Waals surface area contributed by atoms with E-state index < -0.39 is 0 Å². The van der Waals surface area contributed by atoms with Gasteiger partial charge in [-0.1, -0.05) is 54.0 Å². The number of anilines is 1. The second-order valence-corrected chi connectivity index (χ2v) is 8.30. The van der Waals surface area contributed by atoms with Crippen LogP contribution in [0.4, 0.5) is 5.69 Å². The molecule has 3 aromatic rings. The van der Waals surface area contributed by atoms with Crippen LogP contribution in [-0.4, -0.2) is 10.7 Å². The first-order valence-corrected chi connectivity index (χ1v) is 10.3. The third-order valence-electron chi connectivity index (χ3n) is 3.85. The summed E-state index contributed by atoms with van der Waals surface area (Å²) in [6, 6.07) is 18.2. The van der Waals surface area contributed by atoms with Gasteiger partial charge < -0.3 is 0 Å². The number of hydrogen-bond donors (Lipinski definition) is 1. The Hall–Kier alpha value is -2.49. The first-order valence-electron chi connectivity index (χ1n) is 8.59. The van der Waals surface area contributed by atoms with Crippen LogP contribution in [0, 0.1) is 17.2 Å². The lowest BCUT2D eigenvalue weighted by Gasteiger charge is -2.05. The molecule has 0 saturated carbocycles. The Morgan fingerprint density at radius 1 is 1.19 bits per heavy atom. The van der Waals surface area contributed by atoms with Crippen molar-refractivity contribution in [1.82, 2.24) is 4.98 Å². The van der Waals surface area contributed by atoms with Gasteiger partial charge in [0.2, 0.25) is 0 Å². The molecule has 6 heteroatoms. The lowest BCUT2D eigenvalue weighted by atomic mass is 10.0. The average Bonchev–Trinajstić information content (AvgIpc) is 3.14. The summed E-state index contributed by atoms with van der Waals surface area (Å²) in [5.41, 5.74) is 7.21. The summed E-state index contributed by atoms with van der Waals surface area (Å²) >= 11 is 4.81. The molecule has 0 saturated heterocycles. The molecule has 0 bridgehead atoms. The van der Waals surface area contributed by atoms with Crippen molar-refractivity contribution >= 4 is 38.7 Å². The maximum atomic E-state index is 9.44. The number of thiazole rings is 1. The van der Waals surface area contributed by atoms with E-state index in [1.807, 2.05) is 29.6 Å². The maximum Gasteiger partial charge on any atom is 0.196 e. The van der Waals surface area contributed by atoms with Crippen LogP contribution in [0.5, 0.6) is 0 Å². The zero-order valence-corrected chi connectivity index (χ0v) is 17.5. The Balaban J connectivity index is 1.75. The van der Waals surface area contributed by atoms with Gasteiger partial charge in [-0.25, -0.2) is 4.98 Å². The maximum absolute atomic E-state index is 9.44. The van der Waals surface area contributed by atoms with Crippen molar-refractivity contribution in [2.45, 2.75) is 20.3 Å². The summed E-state index contributed by atoms with van der Waals surface area (Å²) in [5, 5.41) is 16.2. The predicted octanol–water partition coefficient (Wildman–Crippen LogP) is 6.11. The second kappa shape index (κ2) is 8.94. The lowest BCUT2D eigenvalue weighted by Crippen LogP contribution is -2.01. The van der Waals surface area contributed by atoms with Gasteiger partial charge in [0.25, 0.3) is 0 Å². The van der Waals surface area contributed by atoms with Crippen molar-refractivity contribution in [1.29, 1.82) is 5.26 Å². The van der Waals surface area contributed by atoms with Crippen LogP contribution in [-0.2, 0) is 6.42 Å². The number of hydrazone groups is 1. The summed E-state index contributed by atoms with van der Waals surface area (Å²) in [6.45, 7) is 4.43. The van der Waals surface area contributed by atoms with E-state index in [-0.39, 0.29) is 5.71 Å². The number of halogens is 1. The van der Waals surface area contributed by atoms with Crippen LogP contribution in [0.1, 0.15) is 24.4 Å². The van der Waals surface area contributed by atoms with Crippen LogP contribution in [0.3, 0.4) is 0 Å². The van der Waals surface area contributed by atoms with Crippen molar-refractivity contribution in [3.63, 3.8) is 0 Å². The highest BCUT2D eigenvalue weighted by Crippen LogP contribution is 2.23. The molecule has 0 spiro atoms. The minimum atomic E-state index is 0.269. The smallest absolute Gasteiger partial charge is 0.196 e. The zero-order chi connectivity index (χ0) is 19.2. The molecular formula is C21H19BrN4S. The normalized spacial score (nSPS) is 11.4. The quantitative estimate of drug-likeness (QED) is 0.372. The van der Waals surface area contributed by atoms with Crippen molar-refractivity contribution < 1.29 is 0 Å². The molecule has 0 aliphatic rings. The van der Waals surface area contributed by atoms with Crippen LogP contribution in [0.25, 0.3) is 11.3 Å². The molecule has 1 heterocycles. The van der Waals surface area contributed by atoms with E-state index in [2.05, 4.69) is 75.6 Å². The van der Waals surface area contributed by atoms with Gasteiger partial charge in [-0.05, 0) is 42.2 Å². The van der Waals surface area contributed by atoms with Gasteiger partial charge in [0.1, 0.15) is 6.07 Å². The lowest BCUT2D eigenvalue weighted by molar-refractivity contribution is 0.647. The fourth-order valence-corrected chi connectivity index (χ4v) is 3.59. The van der Waals surface area contributed by atoms with Crippen LogP contribution >= 0.6 is 27.3 Å². The molecule has 0 fully saturated rings. The van der Waals surface area contributed by atoms with E-state index in [0.29, 0.717) is 10.9 Å². The van der Waals surface area contributed by atoms with E-state index in [1.54, 1.807) is 0 Å². The van der Waals surface area contributed by atoms with Crippen molar-refractivity contribution in [2.75, 3.05) is 5.43 Å². The fourth-order valence-electron chi connectivity index (χ4n) is 2.56. The standard InChI is InChI=1S/C21H19BrN4S/c1-14(2)11-15-3-5-16(6-4-15)20-13-27-21(24-20)19(12-23)26-25-18-9-7-17(22)8-10-18/h3-10,13-14,25H,11H2,1-2H3/b26-19-. The van der Waals surface area contributed by atoms with E-state index in [1.165, 1.54) is 16.9 Å². The molecule has 0 radical (unpaired) electrons. The average molecular weight is 439 g/mol. The van der Waals surface area contributed by atoms with Crippen LogP contribution in [0.15, 0.2) is 63.5 Å². The fraction of sp³-hybridized carbons (Fsp3) is 0.190. The highest BCUT2D eigenvalue weighted by Gasteiger charge is 2.11. The summed E-state index contributed by atoms with van der Waals surface area (Å²) < 4.78 is 0.988. The van der Waals surface area contributed by atoms with Gasteiger partial charge in [-0.3, -0.25) is 5.43 Å². The second-order valence-electron chi connectivity index (χ2n) is 6.52. The van der Waals surface area contributed by atoms with Crippen molar-refractivity contribution in [3.05, 3.63) is 69.0 Å². The Kier molecular flexibility index (Phi) is 6.38. The largest absolute Gasteiger partial charge is 0.277 e. The Morgan fingerprint density at radius 2 is 1.89 bits per heavy atom. The van der Waals surface area contributed by atoms with Crippen LogP contribution < -0.4 is 5.43 Å². The molecule has 4 nitrogen and oxygen atoms in total. The van der Waals surface area contributed by atoms with E-state index in [9.17, 15) is 5.26 Å². The molecule has 136 valence electrons. The summed E-state index contributed by atoms with van der Waals surface area (Å²) in [7, 11) is 0. The molecule has 1 aromatic heterocycles. The molecule has 3 rings (SSSR count). The topological polar surface area (TPSA) is 61.1 Å². The first-order chi connectivity index (χ1) is 13.0. The summed E-state index contributed by atoms with van der Waals surface area (Å²) in [6.07, 6.45) is 1.07. The van der Waals surface area contributed by atoms with Gasteiger partial charge in [0.05, 0.1) is 11.4 Å². The highest BCUT2D eigenvalue weighted by molar-refractivity contribution is 9.10. The Morgan fingerprint density at radius 3 is 2.52 bits per heavy atom. The number of aromatic nitrogens is 1. The van der Waals surface area contributed by atoms with E-state index >= 15 is 0 Å². The van der Waals surface area contributed by atoms with E-state index in [4.69, 9.17) is 0 Å². The van der Waals surface area contributed by atoms with Crippen molar-refractivity contribution in [2.24, 2.45) is 11.0 Å². The zero-order valence-electron chi connectivity index (χ0n) is 15.1. The van der Waals surface area contributed by atoms with Gasteiger partial charge in [-0.2, -0.15) is 10.4 Å². The number of nitrogens with one attached hydrogen (secondary N) is 1. The molecular weight excluding hydrogens is 420 g/mol. The van der Waals surface area contributed by atoms with Crippen molar-refractivity contribution in [3.8, 4) is 17.3 Å². The molecule has 0 unspecified atom stereocenters. The molecule has 0 aliphatic heterocycles. The number of benzene rings is 2.